The van der Waals surface area contributed by atoms with Crippen LogP contribution in [0.25, 0.3) is 17.2 Å². The van der Waals surface area contributed by atoms with Crippen LogP contribution in [0.1, 0.15) is 26.3 Å². The standard InChI is InChI=1S/C17H11BrO2/c18-9-3-4-11-7-8-14-15(10-11)12-5-1-2-6-13(12)16(19)17(14)20/h1-8,10H,9H2. The molecule has 0 radical (unpaired) electrons. The molecule has 2 nitrogen and oxygen atoms in total. The number of allylic oxidation sites excluding steroid dienone is 1. The molecule has 3 rings (SSSR count). The number of benzene rings is 2. The number of ketones is 2. The molecular weight excluding hydrogens is 316 g/mol. The molecule has 0 spiro atoms. The molecular formula is C17H11BrO2. The lowest BCUT2D eigenvalue weighted by Gasteiger charge is -2.18. The van der Waals surface area contributed by atoms with Crippen LogP contribution in [-0.4, -0.2) is 16.9 Å². The van der Waals surface area contributed by atoms with Gasteiger partial charge in [-0.3, -0.25) is 9.59 Å². The lowest BCUT2D eigenvalue weighted by Crippen LogP contribution is -2.21. The van der Waals surface area contributed by atoms with Gasteiger partial charge < -0.3 is 0 Å². The largest absolute Gasteiger partial charge is 0.285 e. The number of Topliss-reactive ketones (excluding diaryl/α,β-unsaturated/α-hetero) is 2. The molecule has 2 aromatic carbocycles. The number of hydrogen-bond donors (Lipinski definition) is 0. The first-order chi connectivity index (χ1) is 9.72. The van der Waals surface area contributed by atoms with Crippen LogP contribution in [0.2, 0.25) is 0 Å². The van der Waals surface area contributed by atoms with Crippen LogP contribution in [0, 0.1) is 0 Å². The van der Waals surface area contributed by atoms with Gasteiger partial charge in [0.2, 0.25) is 11.6 Å². The van der Waals surface area contributed by atoms with Gasteiger partial charge in [0.25, 0.3) is 0 Å². The lowest BCUT2D eigenvalue weighted by molar-refractivity contribution is 0.0815. The smallest absolute Gasteiger partial charge is 0.234 e. The van der Waals surface area contributed by atoms with E-state index in [0.717, 1.165) is 22.0 Å². The first kappa shape index (κ1) is 13.0. The summed E-state index contributed by atoms with van der Waals surface area (Å²) in [4.78, 5) is 24.2. The molecule has 2 aromatic rings. The molecule has 20 heavy (non-hydrogen) atoms. The van der Waals surface area contributed by atoms with Crippen LogP contribution in [0.3, 0.4) is 0 Å². The minimum absolute atomic E-state index is 0.420. The second-order valence-corrected chi connectivity index (χ2v) is 5.21. The first-order valence-corrected chi connectivity index (χ1v) is 7.39. The second-order valence-electron chi connectivity index (χ2n) is 4.57. The molecule has 0 aliphatic heterocycles. The molecule has 1 aliphatic rings. The highest BCUT2D eigenvalue weighted by Gasteiger charge is 2.29. The molecule has 0 aromatic heterocycles. The SMILES string of the molecule is O=C1C(=O)c2ccc(C=CCBr)cc2-c2ccccc21. The maximum absolute atomic E-state index is 12.1. The Morgan fingerprint density at radius 1 is 0.850 bits per heavy atom. The summed E-state index contributed by atoms with van der Waals surface area (Å²) in [5.41, 5.74) is 3.67. The minimum atomic E-state index is -0.422. The number of halogens is 1. The third kappa shape index (κ3) is 2.04. The van der Waals surface area contributed by atoms with Crippen molar-refractivity contribution in [3.63, 3.8) is 0 Å². The second kappa shape index (κ2) is 5.17. The Hall–Kier alpha value is -2.00. The van der Waals surface area contributed by atoms with Gasteiger partial charge in [-0.15, -0.1) is 0 Å². The minimum Gasteiger partial charge on any atom is -0.285 e. The monoisotopic (exact) mass is 326 g/mol. The highest BCUT2D eigenvalue weighted by Crippen LogP contribution is 2.34. The van der Waals surface area contributed by atoms with Gasteiger partial charge >= 0.3 is 0 Å². The molecule has 0 heterocycles. The molecule has 98 valence electrons. The summed E-state index contributed by atoms with van der Waals surface area (Å²) in [6.07, 6.45) is 3.97. The molecule has 0 fully saturated rings. The zero-order valence-corrected chi connectivity index (χ0v) is 12.2. The van der Waals surface area contributed by atoms with E-state index >= 15 is 0 Å². The van der Waals surface area contributed by atoms with Crippen LogP contribution in [0.4, 0.5) is 0 Å². The van der Waals surface area contributed by atoms with E-state index in [-0.39, 0.29) is 0 Å². The van der Waals surface area contributed by atoms with Crippen molar-refractivity contribution in [1.82, 2.24) is 0 Å². The number of rotatable bonds is 2. The third-order valence-corrected chi connectivity index (χ3v) is 3.73. The summed E-state index contributed by atoms with van der Waals surface area (Å²) in [5, 5.41) is 0.776. The van der Waals surface area contributed by atoms with Crippen LogP contribution < -0.4 is 0 Å². The summed E-state index contributed by atoms with van der Waals surface area (Å²) in [6.45, 7) is 0. The van der Waals surface area contributed by atoms with E-state index in [9.17, 15) is 9.59 Å². The number of carbonyl (C=O) groups is 2. The Kier molecular flexibility index (Phi) is 3.36. The molecule has 1 aliphatic carbocycles. The van der Waals surface area contributed by atoms with Crippen LogP contribution in [-0.2, 0) is 0 Å². The Labute approximate surface area is 125 Å². The third-order valence-electron chi connectivity index (χ3n) is 3.36. The average molecular weight is 327 g/mol. The highest BCUT2D eigenvalue weighted by molar-refractivity contribution is 9.09. The van der Waals surface area contributed by atoms with Crippen LogP contribution >= 0.6 is 15.9 Å². The summed E-state index contributed by atoms with van der Waals surface area (Å²) < 4.78 is 0. The van der Waals surface area contributed by atoms with Gasteiger partial charge in [0, 0.05) is 16.5 Å². The number of alkyl halides is 1. The lowest BCUT2D eigenvalue weighted by atomic mass is 9.83. The first-order valence-electron chi connectivity index (χ1n) is 6.27. The van der Waals surface area contributed by atoms with E-state index in [4.69, 9.17) is 0 Å². The number of fused-ring (bicyclic) bond motifs is 3. The van der Waals surface area contributed by atoms with Gasteiger partial charge in [-0.1, -0.05) is 58.4 Å². The molecule has 0 amide bonds. The van der Waals surface area contributed by atoms with Gasteiger partial charge in [-0.25, -0.2) is 0 Å². The molecule has 0 N–H and O–H groups in total. The van der Waals surface area contributed by atoms with E-state index in [1.807, 2.05) is 36.4 Å². The summed E-state index contributed by atoms with van der Waals surface area (Å²) >= 11 is 3.34. The topological polar surface area (TPSA) is 34.1 Å². The molecule has 0 saturated carbocycles. The molecule has 0 atom stereocenters. The van der Waals surface area contributed by atoms with Crippen molar-refractivity contribution < 1.29 is 9.59 Å². The zero-order valence-electron chi connectivity index (χ0n) is 10.6. The molecule has 0 bridgehead atoms. The maximum Gasteiger partial charge on any atom is 0.234 e. The normalized spacial score (nSPS) is 13.4. The Bertz CT molecular complexity index is 744. The van der Waals surface area contributed by atoms with Gasteiger partial charge in [0.1, 0.15) is 0 Å². The number of hydrogen-bond acceptors (Lipinski definition) is 2. The maximum atomic E-state index is 12.1. The number of carbonyl (C=O) groups excluding carboxylic acids is 2. The fraction of sp³-hybridized carbons (Fsp3) is 0.0588. The van der Waals surface area contributed by atoms with Crippen molar-refractivity contribution in [1.29, 1.82) is 0 Å². The fourth-order valence-corrected chi connectivity index (χ4v) is 2.61. The van der Waals surface area contributed by atoms with E-state index in [2.05, 4.69) is 15.9 Å². The molecule has 0 unspecified atom stereocenters. The van der Waals surface area contributed by atoms with Crippen molar-refractivity contribution in [2.75, 3.05) is 5.33 Å². The van der Waals surface area contributed by atoms with Crippen molar-refractivity contribution in [3.8, 4) is 11.1 Å². The van der Waals surface area contributed by atoms with Gasteiger partial charge in [0.05, 0.1) is 0 Å². The van der Waals surface area contributed by atoms with Crippen LogP contribution in [0.15, 0.2) is 48.5 Å². The van der Waals surface area contributed by atoms with E-state index in [1.165, 1.54) is 0 Å². The van der Waals surface area contributed by atoms with Gasteiger partial charge in [-0.05, 0) is 28.8 Å². The van der Waals surface area contributed by atoms with Crippen molar-refractivity contribution in [2.45, 2.75) is 0 Å². The summed E-state index contributed by atoms with van der Waals surface area (Å²) in [7, 11) is 0. The summed E-state index contributed by atoms with van der Waals surface area (Å²) in [5.74, 6) is -0.841. The zero-order chi connectivity index (χ0) is 14.1. The molecule has 3 heteroatoms. The van der Waals surface area contributed by atoms with Crippen molar-refractivity contribution in [2.24, 2.45) is 0 Å². The summed E-state index contributed by atoms with van der Waals surface area (Å²) in [6, 6.07) is 12.8. The van der Waals surface area contributed by atoms with E-state index in [1.54, 1.807) is 18.2 Å². The predicted molar refractivity (Wildman–Crippen MR) is 83.4 cm³/mol. The van der Waals surface area contributed by atoms with Crippen molar-refractivity contribution in [3.05, 3.63) is 65.2 Å². The van der Waals surface area contributed by atoms with Gasteiger partial charge in [0.15, 0.2) is 0 Å². The Balaban J connectivity index is 2.23. The van der Waals surface area contributed by atoms with Gasteiger partial charge in [-0.2, -0.15) is 0 Å². The highest BCUT2D eigenvalue weighted by atomic mass is 79.9. The molecule has 0 saturated heterocycles. The van der Waals surface area contributed by atoms with Crippen LogP contribution in [0.5, 0.6) is 0 Å². The predicted octanol–water partition coefficient (Wildman–Crippen LogP) is 4.14. The van der Waals surface area contributed by atoms with E-state index < -0.39 is 11.6 Å². The average Bonchev–Trinajstić information content (AvgIpc) is 2.50. The van der Waals surface area contributed by atoms with E-state index in [0.29, 0.717) is 11.1 Å². The Morgan fingerprint density at radius 3 is 2.20 bits per heavy atom. The van der Waals surface area contributed by atoms with Crippen molar-refractivity contribution >= 4 is 33.6 Å². The fourth-order valence-electron chi connectivity index (χ4n) is 2.43. The quantitative estimate of drug-likeness (QED) is 0.614. The Morgan fingerprint density at radius 2 is 1.50 bits per heavy atom.